The van der Waals surface area contributed by atoms with Crippen molar-refractivity contribution >= 4 is 6.29 Å². The van der Waals surface area contributed by atoms with Crippen molar-refractivity contribution in [3.8, 4) is 0 Å². The SMILES string of the molecule is CC1(C)CCC[C@H]([C@@H]2C[C@@H]2C=O)C1. The van der Waals surface area contributed by atoms with Crippen molar-refractivity contribution in [1.82, 2.24) is 0 Å². The molecule has 0 aromatic rings. The quantitative estimate of drug-likeness (QED) is 0.597. The Morgan fingerprint density at radius 1 is 1.38 bits per heavy atom. The van der Waals surface area contributed by atoms with E-state index in [2.05, 4.69) is 13.8 Å². The summed E-state index contributed by atoms with van der Waals surface area (Å²) in [5.74, 6) is 2.05. The van der Waals surface area contributed by atoms with Gasteiger partial charge in [0.1, 0.15) is 6.29 Å². The zero-order chi connectivity index (χ0) is 9.47. The Bertz CT molecular complexity index is 207. The summed E-state index contributed by atoms with van der Waals surface area (Å²) in [7, 11) is 0. The van der Waals surface area contributed by atoms with E-state index in [1.807, 2.05) is 0 Å². The monoisotopic (exact) mass is 180 g/mol. The van der Waals surface area contributed by atoms with Crippen molar-refractivity contribution in [1.29, 1.82) is 0 Å². The van der Waals surface area contributed by atoms with Crippen molar-refractivity contribution in [2.75, 3.05) is 0 Å². The molecule has 0 N–H and O–H groups in total. The summed E-state index contributed by atoms with van der Waals surface area (Å²) in [5.41, 5.74) is 0.541. The van der Waals surface area contributed by atoms with E-state index in [9.17, 15) is 4.79 Å². The molecule has 2 saturated carbocycles. The van der Waals surface area contributed by atoms with Crippen LogP contribution in [-0.2, 0) is 4.79 Å². The molecule has 0 spiro atoms. The summed E-state index contributed by atoms with van der Waals surface area (Å²) < 4.78 is 0. The van der Waals surface area contributed by atoms with Gasteiger partial charge >= 0.3 is 0 Å². The van der Waals surface area contributed by atoms with Crippen LogP contribution in [-0.4, -0.2) is 6.29 Å². The zero-order valence-corrected chi connectivity index (χ0v) is 8.75. The highest BCUT2D eigenvalue weighted by Crippen LogP contribution is 2.51. The maximum Gasteiger partial charge on any atom is 0.123 e. The lowest BCUT2D eigenvalue weighted by Crippen LogP contribution is -2.24. The van der Waals surface area contributed by atoms with Crippen molar-refractivity contribution in [3.63, 3.8) is 0 Å². The minimum atomic E-state index is 0.430. The van der Waals surface area contributed by atoms with Gasteiger partial charge < -0.3 is 4.79 Å². The highest BCUT2D eigenvalue weighted by Gasteiger charge is 2.45. The zero-order valence-electron chi connectivity index (χ0n) is 8.75. The number of rotatable bonds is 2. The van der Waals surface area contributed by atoms with Crippen LogP contribution in [0.15, 0.2) is 0 Å². The molecule has 0 unspecified atom stereocenters. The van der Waals surface area contributed by atoms with E-state index in [4.69, 9.17) is 0 Å². The first-order valence-electron chi connectivity index (χ1n) is 5.58. The fourth-order valence-electron chi connectivity index (χ4n) is 3.06. The molecule has 1 nitrogen and oxygen atoms in total. The smallest absolute Gasteiger partial charge is 0.123 e. The van der Waals surface area contributed by atoms with Crippen molar-refractivity contribution in [2.24, 2.45) is 23.2 Å². The predicted octanol–water partition coefficient (Wildman–Crippen LogP) is 3.04. The molecule has 0 heterocycles. The van der Waals surface area contributed by atoms with Crippen molar-refractivity contribution in [2.45, 2.75) is 46.0 Å². The number of carbonyl (C=O) groups is 1. The highest BCUT2D eigenvalue weighted by molar-refractivity contribution is 5.58. The van der Waals surface area contributed by atoms with Gasteiger partial charge in [-0.2, -0.15) is 0 Å². The van der Waals surface area contributed by atoms with E-state index in [-0.39, 0.29) is 0 Å². The van der Waals surface area contributed by atoms with Gasteiger partial charge in [0, 0.05) is 5.92 Å². The molecule has 2 fully saturated rings. The molecular formula is C12H20O. The molecule has 3 atom stereocenters. The third-order valence-electron chi connectivity index (χ3n) is 3.91. The second kappa shape index (κ2) is 3.11. The topological polar surface area (TPSA) is 17.1 Å². The molecule has 0 aromatic heterocycles. The van der Waals surface area contributed by atoms with E-state index in [1.54, 1.807) is 0 Å². The molecule has 0 bridgehead atoms. The summed E-state index contributed by atoms with van der Waals surface area (Å²) in [6, 6.07) is 0. The molecule has 2 rings (SSSR count). The summed E-state index contributed by atoms with van der Waals surface area (Å²) >= 11 is 0. The Hall–Kier alpha value is -0.330. The van der Waals surface area contributed by atoms with Gasteiger partial charge in [0.15, 0.2) is 0 Å². The van der Waals surface area contributed by atoms with E-state index >= 15 is 0 Å². The second-order valence-electron chi connectivity index (χ2n) is 5.72. The van der Waals surface area contributed by atoms with Crippen LogP contribution in [0.5, 0.6) is 0 Å². The van der Waals surface area contributed by atoms with Gasteiger partial charge in [0.2, 0.25) is 0 Å². The molecule has 0 radical (unpaired) electrons. The molecular weight excluding hydrogens is 160 g/mol. The molecule has 0 aromatic carbocycles. The highest BCUT2D eigenvalue weighted by atomic mass is 16.1. The van der Waals surface area contributed by atoms with Crippen molar-refractivity contribution < 1.29 is 4.79 Å². The summed E-state index contributed by atoms with van der Waals surface area (Å²) in [5, 5.41) is 0. The Morgan fingerprint density at radius 2 is 2.15 bits per heavy atom. The maximum atomic E-state index is 10.6. The van der Waals surface area contributed by atoms with E-state index in [0.717, 1.165) is 11.8 Å². The van der Waals surface area contributed by atoms with Crippen LogP contribution >= 0.6 is 0 Å². The standard InChI is InChI=1S/C12H20O/c1-12(2)5-3-4-9(7-12)11-6-10(11)8-13/h8-11H,3-7H2,1-2H3/t9-,10+,11-/m0/s1. The van der Waals surface area contributed by atoms with Gasteiger partial charge in [-0.1, -0.05) is 26.7 Å². The first-order chi connectivity index (χ1) is 6.12. The van der Waals surface area contributed by atoms with Gasteiger partial charge in [-0.15, -0.1) is 0 Å². The average molecular weight is 180 g/mol. The minimum absolute atomic E-state index is 0.430. The van der Waals surface area contributed by atoms with Crippen LogP contribution in [0.1, 0.15) is 46.0 Å². The molecule has 2 aliphatic carbocycles. The summed E-state index contributed by atoms with van der Waals surface area (Å²) in [6.07, 6.45) is 7.83. The lowest BCUT2D eigenvalue weighted by atomic mass is 9.70. The lowest BCUT2D eigenvalue weighted by Gasteiger charge is -2.35. The number of carbonyl (C=O) groups excluding carboxylic acids is 1. The fraction of sp³-hybridized carbons (Fsp3) is 0.917. The predicted molar refractivity (Wildman–Crippen MR) is 53.4 cm³/mol. The van der Waals surface area contributed by atoms with Crippen LogP contribution in [0.25, 0.3) is 0 Å². The van der Waals surface area contributed by atoms with Gasteiger partial charge in [0.05, 0.1) is 0 Å². The summed E-state index contributed by atoms with van der Waals surface area (Å²) in [4.78, 5) is 10.6. The molecule has 13 heavy (non-hydrogen) atoms. The average Bonchev–Trinajstić information content (AvgIpc) is 2.80. The van der Waals surface area contributed by atoms with Crippen LogP contribution in [0.4, 0.5) is 0 Å². The van der Waals surface area contributed by atoms with Crippen LogP contribution in [0, 0.1) is 23.2 Å². The largest absolute Gasteiger partial charge is 0.303 e. The van der Waals surface area contributed by atoms with Crippen LogP contribution < -0.4 is 0 Å². The number of hydrogen-bond donors (Lipinski definition) is 0. The molecule has 0 saturated heterocycles. The molecule has 0 amide bonds. The van der Waals surface area contributed by atoms with Gasteiger partial charge in [-0.3, -0.25) is 0 Å². The number of hydrogen-bond acceptors (Lipinski definition) is 1. The Balaban J connectivity index is 1.90. The first-order valence-corrected chi connectivity index (χ1v) is 5.58. The lowest BCUT2D eigenvalue weighted by molar-refractivity contribution is -0.109. The fourth-order valence-corrected chi connectivity index (χ4v) is 3.06. The third-order valence-corrected chi connectivity index (χ3v) is 3.91. The van der Waals surface area contributed by atoms with Gasteiger partial charge in [0.25, 0.3) is 0 Å². The Kier molecular flexibility index (Phi) is 2.21. The van der Waals surface area contributed by atoms with E-state index in [1.165, 1.54) is 38.4 Å². The first kappa shape index (κ1) is 9.23. The summed E-state index contributed by atoms with van der Waals surface area (Å²) in [6.45, 7) is 4.74. The molecule has 0 aliphatic heterocycles. The van der Waals surface area contributed by atoms with Gasteiger partial charge in [-0.25, -0.2) is 0 Å². The maximum absolute atomic E-state index is 10.6. The Labute approximate surface area is 80.9 Å². The molecule has 74 valence electrons. The number of aldehydes is 1. The van der Waals surface area contributed by atoms with Crippen molar-refractivity contribution in [3.05, 3.63) is 0 Å². The molecule has 1 heteroatoms. The Morgan fingerprint density at radius 3 is 2.69 bits per heavy atom. The normalized spacial score (nSPS) is 42.8. The van der Waals surface area contributed by atoms with Crippen LogP contribution in [0.2, 0.25) is 0 Å². The van der Waals surface area contributed by atoms with E-state index in [0.29, 0.717) is 11.3 Å². The minimum Gasteiger partial charge on any atom is -0.303 e. The van der Waals surface area contributed by atoms with Crippen LogP contribution in [0.3, 0.4) is 0 Å². The second-order valence-corrected chi connectivity index (χ2v) is 5.72. The molecule has 2 aliphatic rings. The van der Waals surface area contributed by atoms with Gasteiger partial charge in [-0.05, 0) is 36.5 Å². The van der Waals surface area contributed by atoms with E-state index < -0.39 is 0 Å². The third kappa shape index (κ3) is 1.95.